The molecule has 47 heavy (non-hydrogen) atoms. The molecule has 4 aromatic heterocycles. The molecule has 5 amide bonds. The highest BCUT2D eigenvalue weighted by molar-refractivity contribution is 6.43. The van der Waals surface area contributed by atoms with Crippen molar-refractivity contribution in [2.45, 2.75) is 6.42 Å². The quantitative estimate of drug-likeness (QED) is 0.0685. The lowest BCUT2D eigenvalue weighted by Crippen LogP contribution is -2.30. The maximum Gasteiger partial charge on any atom is 0.274 e. The number of nitrogens with one attached hydrogen (secondary N) is 6. The molecule has 0 atom stereocenters. The maximum absolute atomic E-state index is 13.3. The van der Waals surface area contributed by atoms with Gasteiger partial charge in [-0.1, -0.05) is 18.2 Å². The molecule has 246 valence electrons. The molecule has 0 aromatic carbocycles. The Bertz CT molecular complexity index is 1870. The number of carbonyl (C=O) groups is 5. The highest BCUT2D eigenvalue weighted by Gasteiger charge is 2.24. The zero-order valence-electron chi connectivity index (χ0n) is 26.0. The van der Waals surface area contributed by atoms with Gasteiger partial charge >= 0.3 is 0 Å². The Balaban J connectivity index is 1.39. The van der Waals surface area contributed by atoms with Crippen molar-refractivity contribution in [2.24, 2.45) is 5.73 Å². The Labute approximate surface area is 274 Å². The molecule has 0 aliphatic carbocycles. The number of carbonyl (C=O) groups excluding carboxylic acids is 5. The van der Waals surface area contributed by atoms with Gasteiger partial charge in [0.1, 0.15) is 22.8 Å². The van der Waals surface area contributed by atoms with E-state index < -0.39 is 23.6 Å². The molecule has 17 heteroatoms. The summed E-state index contributed by atoms with van der Waals surface area (Å²) in [5.74, 6) is -2.22. The van der Waals surface area contributed by atoms with Crippen LogP contribution in [0.1, 0.15) is 48.4 Å². The molecule has 0 spiro atoms. The van der Waals surface area contributed by atoms with E-state index in [1.807, 2.05) is 0 Å². The number of amides is 5. The first kappa shape index (κ1) is 33.9. The second-order valence-corrected chi connectivity index (χ2v) is 11.0. The standard InChI is InChI=1S/C30H34ClN11O5/c1-16(31)26(43)38-17-8-21(34-12-17)28(45)40(3)19-10-23(36-14-19)30(47)42(5)20-11-24(37-15-20)29(46)41(4)18-9-22(35-13-18)27(44)39(2)7-6-25(32)33/h8-15,34-37H,1,6-7H2,2-5H3,(H3,32,33)(H,38,43). The van der Waals surface area contributed by atoms with E-state index in [2.05, 4.69) is 31.8 Å². The molecular formula is C30H34ClN11O5. The molecule has 0 aliphatic rings. The number of nitrogens with zero attached hydrogens (tertiary/aromatic N) is 4. The van der Waals surface area contributed by atoms with E-state index in [0.29, 0.717) is 22.7 Å². The smallest absolute Gasteiger partial charge is 0.274 e. The number of H-pyrrole nitrogens is 4. The van der Waals surface area contributed by atoms with Crippen molar-refractivity contribution in [2.75, 3.05) is 54.8 Å². The molecule has 0 radical (unpaired) electrons. The molecule has 0 saturated heterocycles. The molecule has 4 rings (SSSR count). The van der Waals surface area contributed by atoms with Crippen molar-refractivity contribution >= 4 is 69.7 Å². The number of halogens is 1. The van der Waals surface area contributed by atoms with Crippen molar-refractivity contribution in [3.63, 3.8) is 0 Å². The van der Waals surface area contributed by atoms with Gasteiger partial charge in [-0.15, -0.1) is 0 Å². The van der Waals surface area contributed by atoms with E-state index in [9.17, 15) is 24.0 Å². The van der Waals surface area contributed by atoms with E-state index >= 15 is 0 Å². The van der Waals surface area contributed by atoms with Gasteiger partial charge in [0.2, 0.25) is 0 Å². The van der Waals surface area contributed by atoms with Gasteiger partial charge in [-0.2, -0.15) is 0 Å². The van der Waals surface area contributed by atoms with Crippen molar-refractivity contribution in [3.8, 4) is 0 Å². The van der Waals surface area contributed by atoms with Crippen molar-refractivity contribution in [3.05, 3.63) is 83.4 Å². The highest BCUT2D eigenvalue weighted by Crippen LogP contribution is 2.24. The van der Waals surface area contributed by atoms with Crippen LogP contribution in [0.2, 0.25) is 0 Å². The van der Waals surface area contributed by atoms with E-state index in [-0.39, 0.29) is 52.5 Å². The van der Waals surface area contributed by atoms with Crippen LogP contribution in [0.15, 0.2) is 60.7 Å². The van der Waals surface area contributed by atoms with Crippen molar-refractivity contribution < 1.29 is 24.0 Å². The summed E-state index contributed by atoms with van der Waals surface area (Å²) >= 11 is 5.59. The lowest BCUT2D eigenvalue weighted by molar-refractivity contribution is -0.112. The summed E-state index contributed by atoms with van der Waals surface area (Å²) in [7, 11) is 6.21. The third kappa shape index (κ3) is 7.62. The molecule has 0 fully saturated rings. The van der Waals surface area contributed by atoms with Crippen molar-refractivity contribution in [1.82, 2.24) is 24.8 Å². The van der Waals surface area contributed by atoms with Crippen LogP contribution in [0.3, 0.4) is 0 Å². The van der Waals surface area contributed by atoms with Gasteiger partial charge in [0.15, 0.2) is 0 Å². The molecule has 16 nitrogen and oxygen atoms in total. The second-order valence-electron chi connectivity index (χ2n) is 10.6. The average Bonchev–Trinajstić information content (AvgIpc) is 3.87. The number of aromatic nitrogens is 4. The molecule has 0 aliphatic heterocycles. The first-order chi connectivity index (χ1) is 22.2. The highest BCUT2D eigenvalue weighted by atomic mass is 35.5. The largest absolute Gasteiger partial charge is 0.388 e. The predicted octanol–water partition coefficient (Wildman–Crippen LogP) is 2.92. The number of hydrogen-bond acceptors (Lipinski definition) is 6. The fourth-order valence-electron chi connectivity index (χ4n) is 4.38. The topological polar surface area (TPSA) is 223 Å². The SMILES string of the molecule is C=C(Cl)C(=O)Nc1c[nH]c(C(=O)N(C)c2c[nH]c(C(=O)N(C)c3c[nH]c(C(=O)N(C)c4c[nH]c(C(=O)N(C)CCC(=N)N)c4)c3)c2)c1. The zero-order valence-corrected chi connectivity index (χ0v) is 26.8. The zero-order chi connectivity index (χ0) is 34.6. The second kappa shape index (κ2) is 13.9. The van der Waals surface area contributed by atoms with Gasteiger partial charge in [0, 0.05) is 65.9 Å². The number of rotatable bonds is 12. The Morgan fingerprint density at radius 3 is 1.51 bits per heavy atom. The van der Waals surface area contributed by atoms with E-state index in [1.54, 1.807) is 20.2 Å². The lowest BCUT2D eigenvalue weighted by atomic mass is 10.3. The Hall–Kier alpha value is -6.03. The monoisotopic (exact) mass is 663 g/mol. The summed E-state index contributed by atoms with van der Waals surface area (Å²) < 4.78 is 0. The van der Waals surface area contributed by atoms with Gasteiger partial charge in [0.05, 0.1) is 33.6 Å². The summed E-state index contributed by atoms with van der Waals surface area (Å²) in [6.45, 7) is 3.63. The molecule has 4 aromatic rings. The number of anilines is 4. The summed E-state index contributed by atoms with van der Waals surface area (Å²) in [5.41, 5.74) is 7.79. The number of nitrogens with two attached hydrogens (primary N) is 1. The Kier molecular flexibility index (Phi) is 10.0. The predicted molar refractivity (Wildman–Crippen MR) is 178 cm³/mol. The minimum absolute atomic E-state index is 0.0232. The number of aromatic amines is 4. The number of hydrogen-bond donors (Lipinski definition) is 7. The van der Waals surface area contributed by atoms with Crippen LogP contribution in [0, 0.1) is 5.41 Å². The molecule has 0 bridgehead atoms. The molecule has 0 unspecified atom stereocenters. The number of amidine groups is 1. The fourth-order valence-corrected chi connectivity index (χ4v) is 4.43. The summed E-state index contributed by atoms with van der Waals surface area (Å²) in [5, 5.41) is 9.63. The summed E-state index contributed by atoms with van der Waals surface area (Å²) in [4.78, 5) is 80.8. The average molecular weight is 664 g/mol. The first-order valence-electron chi connectivity index (χ1n) is 14.0. The van der Waals surface area contributed by atoms with Crippen LogP contribution in [-0.2, 0) is 4.79 Å². The molecule has 8 N–H and O–H groups in total. The van der Waals surface area contributed by atoms with Gasteiger partial charge in [-0.25, -0.2) is 0 Å². The van der Waals surface area contributed by atoms with Gasteiger partial charge < -0.3 is 50.6 Å². The third-order valence-electron chi connectivity index (χ3n) is 7.25. The minimum atomic E-state index is -0.600. The normalized spacial score (nSPS) is 10.7. The van der Waals surface area contributed by atoms with Gasteiger partial charge in [-0.3, -0.25) is 29.4 Å². The minimum Gasteiger partial charge on any atom is -0.388 e. The molecular weight excluding hydrogens is 630 g/mol. The first-order valence-corrected chi connectivity index (χ1v) is 14.4. The van der Waals surface area contributed by atoms with E-state index in [1.165, 1.54) is 76.7 Å². The van der Waals surface area contributed by atoms with Gasteiger partial charge in [0.25, 0.3) is 29.5 Å². The summed E-state index contributed by atoms with van der Waals surface area (Å²) in [6.07, 6.45) is 6.21. The van der Waals surface area contributed by atoms with Crippen LogP contribution < -0.4 is 25.8 Å². The van der Waals surface area contributed by atoms with Crippen molar-refractivity contribution in [1.29, 1.82) is 5.41 Å². The third-order valence-corrected chi connectivity index (χ3v) is 7.42. The van der Waals surface area contributed by atoms with E-state index in [0.717, 1.165) is 0 Å². The molecule has 4 heterocycles. The van der Waals surface area contributed by atoms with Crippen LogP contribution in [0.25, 0.3) is 0 Å². The van der Waals surface area contributed by atoms with Gasteiger partial charge in [-0.05, 0) is 24.3 Å². The molecule has 0 saturated carbocycles. The Morgan fingerprint density at radius 1 is 0.723 bits per heavy atom. The van der Waals surface area contributed by atoms with Crippen LogP contribution in [0.5, 0.6) is 0 Å². The summed E-state index contributed by atoms with van der Waals surface area (Å²) in [6, 6.07) is 6.01. The maximum atomic E-state index is 13.3. The van der Waals surface area contributed by atoms with E-state index in [4.69, 9.17) is 22.7 Å². The van der Waals surface area contributed by atoms with Crippen LogP contribution in [0.4, 0.5) is 22.7 Å². The Morgan fingerprint density at radius 2 is 1.11 bits per heavy atom. The fraction of sp³-hybridized carbons (Fsp3) is 0.200. The van der Waals surface area contributed by atoms with Crippen LogP contribution in [-0.4, -0.2) is 94.9 Å². The van der Waals surface area contributed by atoms with Crippen LogP contribution >= 0.6 is 11.6 Å². The lowest BCUT2D eigenvalue weighted by Gasteiger charge is -2.16.